The van der Waals surface area contributed by atoms with Crippen LogP contribution in [-0.4, -0.2) is 34.6 Å². The molecule has 1 aromatic rings. The lowest BCUT2D eigenvalue weighted by molar-refractivity contribution is 0.0528. The second-order valence-corrected chi connectivity index (χ2v) is 6.54. The molecule has 1 rings (SSSR count). The van der Waals surface area contributed by atoms with E-state index >= 15 is 0 Å². The zero-order valence-electron chi connectivity index (χ0n) is 13.5. The van der Waals surface area contributed by atoms with E-state index in [-0.39, 0.29) is 12.1 Å². The van der Waals surface area contributed by atoms with Crippen LogP contribution < -0.4 is 16.2 Å². The maximum Gasteiger partial charge on any atom is 0.407 e. The highest BCUT2D eigenvalue weighted by Crippen LogP contribution is 2.15. The molecular weight excluding hydrogens is 364 g/mol. The van der Waals surface area contributed by atoms with Gasteiger partial charge in [-0.05, 0) is 43.1 Å². The van der Waals surface area contributed by atoms with E-state index < -0.39 is 11.7 Å². The fourth-order valence-corrected chi connectivity index (χ4v) is 2.05. The number of aromatic nitrogens is 2. The standard InChI is InChI=1S/C15H21BrN4O3/c1-5-9-20-13(21)12(16)11(10-19-20)17-7-6-8-18-14(22)23-15(2,3)4/h1,10,17H,6-9H2,2-4H3,(H,18,22). The number of halogens is 1. The van der Waals surface area contributed by atoms with Crippen LogP contribution in [0, 0.1) is 12.3 Å². The number of nitrogens with one attached hydrogen (secondary N) is 2. The van der Waals surface area contributed by atoms with Gasteiger partial charge >= 0.3 is 6.09 Å². The van der Waals surface area contributed by atoms with Crippen LogP contribution in [0.25, 0.3) is 0 Å². The van der Waals surface area contributed by atoms with E-state index in [1.165, 1.54) is 10.9 Å². The molecule has 0 saturated carbocycles. The normalized spacial score (nSPS) is 10.7. The van der Waals surface area contributed by atoms with Gasteiger partial charge in [0.1, 0.15) is 16.6 Å². The Balaban J connectivity index is 2.40. The minimum atomic E-state index is -0.513. The van der Waals surface area contributed by atoms with E-state index in [4.69, 9.17) is 11.2 Å². The van der Waals surface area contributed by atoms with Crippen LogP contribution in [0.15, 0.2) is 15.5 Å². The lowest BCUT2D eigenvalue weighted by Crippen LogP contribution is -2.33. The van der Waals surface area contributed by atoms with Crippen molar-refractivity contribution in [1.82, 2.24) is 15.1 Å². The molecule has 0 spiro atoms. The summed E-state index contributed by atoms with van der Waals surface area (Å²) in [6, 6.07) is 0. The Kier molecular flexibility index (Phi) is 7.10. The molecule has 1 heterocycles. The second kappa shape index (κ2) is 8.58. The van der Waals surface area contributed by atoms with Gasteiger partial charge in [0, 0.05) is 13.1 Å². The van der Waals surface area contributed by atoms with E-state index in [1.807, 2.05) is 0 Å². The van der Waals surface area contributed by atoms with Gasteiger partial charge in [0.15, 0.2) is 0 Å². The molecule has 126 valence electrons. The molecule has 1 aromatic heterocycles. The summed E-state index contributed by atoms with van der Waals surface area (Å²) < 4.78 is 6.70. The highest BCUT2D eigenvalue weighted by molar-refractivity contribution is 9.10. The van der Waals surface area contributed by atoms with Gasteiger partial charge in [0.2, 0.25) is 0 Å². The summed E-state index contributed by atoms with van der Waals surface area (Å²) in [4.78, 5) is 23.4. The second-order valence-electron chi connectivity index (χ2n) is 5.75. The molecular formula is C15H21BrN4O3. The number of carbonyl (C=O) groups is 1. The van der Waals surface area contributed by atoms with Crippen LogP contribution >= 0.6 is 15.9 Å². The number of rotatable bonds is 6. The molecule has 0 unspecified atom stereocenters. The zero-order valence-corrected chi connectivity index (χ0v) is 15.1. The van der Waals surface area contributed by atoms with Gasteiger partial charge in [0.25, 0.3) is 5.56 Å². The van der Waals surface area contributed by atoms with Gasteiger partial charge in [0.05, 0.1) is 11.9 Å². The van der Waals surface area contributed by atoms with Crippen molar-refractivity contribution in [2.45, 2.75) is 39.3 Å². The maximum atomic E-state index is 11.9. The first-order valence-electron chi connectivity index (χ1n) is 7.14. The Hall–Kier alpha value is -2.01. The molecule has 1 amide bonds. The van der Waals surface area contributed by atoms with E-state index in [0.29, 0.717) is 29.7 Å². The first-order valence-corrected chi connectivity index (χ1v) is 7.93. The third-order valence-electron chi connectivity index (χ3n) is 2.56. The minimum absolute atomic E-state index is 0.123. The first-order chi connectivity index (χ1) is 10.7. The fourth-order valence-electron chi connectivity index (χ4n) is 1.60. The van der Waals surface area contributed by atoms with Crippen LogP contribution in [0.3, 0.4) is 0 Å². The maximum absolute atomic E-state index is 11.9. The Morgan fingerprint density at radius 2 is 2.17 bits per heavy atom. The van der Waals surface area contributed by atoms with Crippen molar-refractivity contribution in [3.63, 3.8) is 0 Å². The van der Waals surface area contributed by atoms with Crippen LogP contribution in [0.5, 0.6) is 0 Å². The number of ether oxygens (including phenoxy) is 1. The Labute approximate surface area is 143 Å². The highest BCUT2D eigenvalue weighted by atomic mass is 79.9. The van der Waals surface area contributed by atoms with Gasteiger partial charge in [-0.2, -0.15) is 5.10 Å². The number of anilines is 1. The van der Waals surface area contributed by atoms with Gasteiger partial charge in [-0.25, -0.2) is 9.48 Å². The van der Waals surface area contributed by atoms with Crippen molar-refractivity contribution < 1.29 is 9.53 Å². The summed E-state index contributed by atoms with van der Waals surface area (Å²) in [6.07, 6.45) is 6.92. The molecule has 0 saturated heterocycles. The Morgan fingerprint density at radius 3 is 2.78 bits per heavy atom. The fraction of sp³-hybridized carbons (Fsp3) is 0.533. The number of nitrogens with zero attached hydrogens (tertiary/aromatic N) is 2. The van der Waals surface area contributed by atoms with Crippen LogP contribution in [0.4, 0.5) is 10.5 Å². The van der Waals surface area contributed by atoms with Crippen molar-refractivity contribution >= 4 is 27.7 Å². The lowest BCUT2D eigenvalue weighted by atomic mass is 10.2. The largest absolute Gasteiger partial charge is 0.444 e. The monoisotopic (exact) mass is 384 g/mol. The molecule has 0 aliphatic carbocycles. The van der Waals surface area contributed by atoms with E-state index in [2.05, 4.69) is 37.6 Å². The third-order valence-corrected chi connectivity index (χ3v) is 3.33. The number of amides is 1. The molecule has 0 bridgehead atoms. The van der Waals surface area contributed by atoms with E-state index in [0.717, 1.165) is 0 Å². The summed E-state index contributed by atoms with van der Waals surface area (Å²) in [6.45, 7) is 6.57. The molecule has 23 heavy (non-hydrogen) atoms. The summed E-state index contributed by atoms with van der Waals surface area (Å²) in [5, 5.41) is 9.72. The van der Waals surface area contributed by atoms with Crippen molar-refractivity contribution in [2.75, 3.05) is 18.4 Å². The molecule has 0 aromatic carbocycles. The van der Waals surface area contributed by atoms with E-state index in [9.17, 15) is 9.59 Å². The molecule has 7 nitrogen and oxygen atoms in total. The average Bonchev–Trinajstić information content (AvgIpc) is 2.44. The zero-order chi connectivity index (χ0) is 17.5. The van der Waals surface area contributed by atoms with E-state index in [1.54, 1.807) is 20.8 Å². The third kappa shape index (κ3) is 6.74. The summed E-state index contributed by atoms with van der Waals surface area (Å²) in [5.41, 5.74) is -0.221. The summed E-state index contributed by atoms with van der Waals surface area (Å²) >= 11 is 3.23. The first kappa shape index (κ1) is 19.0. The SMILES string of the molecule is C#CCn1ncc(NCCCNC(=O)OC(C)(C)C)c(Br)c1=O. The molecule has 8 heteroatoms. The summed E-state index contributed by atoms with van der Waals surface area (Å²) in [5.74, 6) is 2.37. The van der Waals surface area contributed by atoms with Gasteiger partial charge in [-0.1, -0.05) is 5.92 Å². The quantitative estimate of drug-likeness (QED) is 0.578. The van der Waals surface area contributed by atoms with Gasteiger partial charge in [-0.15, -0.1) is 6.42 Å². The molecule has 0 fully saturated rings. The Bertz CT molecular complexity index is 644. The number of hydrogen-bond donors (Lipinski definition) is 2. The van der Waals surface area contributed by atoms with Gasteiger partial charge < -0.3 is 15.4 Å². The van der Waals surface area contributed by atoms with Crippen LogP contribution in [0.2, 0.25) is 0 Å². The topological polar surface area (TPSA) is 85.2 Å². The molecule has 2 N–H and O–H groups in total. The van der Waals surface area contributed by atoms with Crippen molar-refractivity contribution in [3.05, 3.63) is 21.0 Å². The highest BCUT2D eigenvalue weighted by Gasteiger charge is 2.15. The van der Waals surface area contributed by atoms with Crippen LogP contribution in [-0.2, 0) is 11.3 Å². The molecule has 0 aliphatic heterocycles. The Morgan fingerprint density at radius 1 is 1.48 bits per heavy atom. The minimum Gasteiger partial charge on any atom is -0.444 e. The predicted octanol–water partition coefficient (Wildman–Crippen LogP) is 1.97. The lowest BCUT2D eigenvalue weighted by Gasteiger charge is -2.19. The van der Waals surface area contributed by atoms with Crippen molar-refractivity contribution in [1.29, 1.82) is 0 Å². The molecule has 0 aliphatic rings. The number of terminal acetylenes is 1. The van der Waals surface area contributed by atoms with Gasteiger partial charge in [-0.3, -0.25) is 4.79 Å². The number of alkyl carbamates (subject to hydrolysis) is 1. The van der Waals surface area contributed by atoms with Crippen molar-refractivity contribution in [2.24, 2.45) is 0 Å². The number of carbonyl (C=O) groups excluding carboxylic acids is 1. The predicted molar refractivity (Wildman–Crippen MR) is 92.4 cm³/mol. The average molecular weight is 385 g/mol. The van der Waals surface area contributed by atoms with Crippen molar-refractivity contribution in [3.8, 4) is 12.3 Å². The molecule has 0 atom stereocenters. The van der Waals surface area contributed by atoms with Crippen LogP contribution in [0.1, 0.15) is 27.2 Å². The smallest absolute Gasteiger partial charge is 0.407 e. The molecule has 0 radical (unpaired) electrons. The number of hydrogen-bond acceptors (Lipinski definition) is 5. The summed E-state index contributed by atoms with van der Waals surface area (Å²) in [7, 11) is 0.